The van der Waals surface area contributed by atoms with Gasteiger partial charge in [-0.2, -0.15) is 0 Å². The number of carbonyl (C=O) groups is 1. The topological polar surface area (TPSA) is 127 Å². The Balaban J connectivity index is 2.61. The number of hydrogen-bond donors (Lipinski definition) is 3. The number of primary amides is 1. The summed E-state index contributed by atoms with van der Waals surface area (Å²) in [7, 11) is -3.06. The molecule has 0 spiro atoms. The zero-order valence-electron chi connectivity index (χ0n) is 10.0. The average Bonchev–Trinajstić information content (AvgIpc) is 2.17. The molecule has 18 heavy (non-hydrogen) atoms. The molecule has 4 N–H and O–H groups in total. The molecule has 0 unspecified atom stereocenters. The molecule has 0 bridgehead atoms. The number of hydrogen-bond acceptors (Lipinski definition) is 6. The summed E-state index contributed by atoms with van der Waals surface area (Å²) in [5.41, 5.74) is 5.29. The Bertz CT molecular complexity index is 514. The monoisotopic (exact) mass is 273 g/mol. The van der Waals surface area contributed by atoms with E-state index < -0.39 is 15.9 Å². The number of anilines is 2. The number of nitrogens with zero attached hydrogens (tertiary/aromatic N) is 2. The maximum Gasteiger partial charge on any atom is 0.316 e. The molecule has 0 aromatic carbocycles. The summed E-state index contributed by atoms with van der Waals surface area (Å²) in [5, 5.41) is 5.15. The zero-order chi connectivity index (χ0) is 13.8. The molecule has 1 heterocycles. The third-order valence-electron chi connectivity index (χ3n) is 1.85. The van der Waals surface area contributed by atoms with Crippen LogP contribution in [-0.2, 0) is 9.84 Å². The molecule has 0 aliphatic rings. The van der Waals surface area contributed by atoms with Crippen molar-refractivity contribution in [1.29, 1.82) is 0 Å². The molecule has 100 valence electrons. The maximum atomic E-state index is 11.1. The molecular weight excluding hydrogens is 258 g/mol. The highest BCUT2D eigenvalue weighted by atomic mass is 32.2. The van der Waals surface area contributed by atoms with Crippen LogP contribution >= 0.6 is 0 Å². The fraction of sp³-hybridized carbons (Fsp3) is 0.444. The second-order valence-corrected chi connectivity index (χ2v) is 6.11. The van der Waals surface area contributed by atoms with Crippen molar-refractivity contribution in [2.75, 3.05) is 22.6 Å². The highest BCUT2D eigenvalue weighted by Gasteiger charge is 2.11. The molecule has 2 amide bonds. The van der Waals surface area contributed by atoms with Crippen molar-refractivity contribution in [2.24, 2.45) is 5.73 Å². The number of sulfone groups is 1. The van der Waals surface area contributed by atoms with Crippen molar-refractivity contribution >= 4 is 27.5 Å². The van der Waals surface area contributed by atoms with Crippen molar-refractivity contribution in [3.8, 4) is 0 Å². The molecule has 1 rings (SSSR count). The Morgan fingerprint density at radius 2 is 2.00 bits per heavy atom. The standard InChI is InChI=1S/C9H15N5O3S/c1-6(5-18(2,16)17)13-9-11-3-7(4-12-9)14-8(10)15/h3-4,6H,5H2,1-2H3,(H3,10,14,15)(H,11,12,13)/t6-/m1/s1. The minimum atomic E-state index is -3.06. The lowest BCUT2D eigenvalue weighted by Crippen LogP contribution is -2.26. The van der Waals surface area contributed by atoms with Gasteiger partial charge >= 0.3 is 6.03 Å². The molecule has 9 heteroatoms. The third kappa shape index (κ3) is 5.43. The van der Waals surface area contributed by atoms with E-state index in [0.717, 1.165) is 6.26 Å². The SMILES string of the molecule is C[C@H](CS(C)(=O)=O)Nc1ncc(NC(N)=O)cn1. The first kappa shape index (κ1) is 14.2. The Hall–Kier alpha value is -1.90. The minimum Gasteiger partial charge on any atom is -0.351 e. The summed E-state index contributed by atoms with van der Waals surface area (Å²) in [5.74, 6) is 0.263. The first-order valence-electron chi connectivity index (χ1n) is 5.09. The van der Waals surface area contributed by atoms with Gasteiger partial charge in [0.15, 0.2) is 0 Å². The van der Waals surface area contributed by atoms with Gasteiger partial charge < -0.3 is 16.4 Å². The molecule has 0 saturated heterocycles. The van der Waals surface area contributed by atoms with Crippen LogP contribution in [0, 0.1) is 0 Å². The van der Waals surface area contributed by atoms with Crippen molar-refractivity contribution < 1.29 is 13.2 Å². The number of nitrogens with one attached hydrogen (secondary N) is 2. The van der Waals surface area contributed by atoms with E-state index in [4.69, 9.17) is 5.73 Å². The molecular formula is C9H15N5O3S. The summed E-state index contributed by atoms with van der Waals surface area (Å²) >= 11 is 0. The van der Waals surface area contributed by atoms with Gasteiger partial charge in [0.2, 0.25) is 5.95 Å². The Morgan fingerprint density at radius 1 is 1.44 bits per heavy atom. The van der Waals surface area contributed by atoms with Crippen LogP contribution in [0.1, 0.15) is 6.92 Å². The van der Waals surface area contributed by atoms with Crippen molar-refractivity contribution in [3.05, 3.63) is 12.4 Å². The van der Waals surface area contributed by atoms with Crippen LogP contribution in [0.3, 0.4) is 0 Å². The minimum absolute atomic E-state index is 0.0162. The predicted octanol–water partition coefficient (Wildman–Crippen LogP) is -0.188. The number of rotatable bonds is 5. The van der Waals surface area contributed by atoms with Crippen LogP contribution in [0.2, 0.25) is 0 Å². The Labute approximate surface area is 105 Å². The number of urea groups is 1. The summed E-state index contributed by atoms with van der Waals surface area (Å²) in [6.45, 7) is 1.71. The maximum absolute atomic E-state index is 11.1. The first-order chi connectivity index (χ1) is 8.26. The highest BCUT2D eigenvalue weighted by Crippen LogP contribution is 2.06. The number of aromatic nitrogens is 2. The van der Waals surface area contributed by atoms with Crippen LogP contribution in [0.4, 0.5) is 16.4 Å². The van der Waals surface area contributed by atoms with Gasteiger partial charge in [0, 0.05) is 12.3 Å². The van der Waals surface area contributed by atoms with Crippen LogP contribution < -0.4 is 16.4 Å². The number of nitrogens with two attached hydrogens (primary N) is 1. The summed E-state index contributed by atoms with van der Waals surface area (Å²) in [6.07, 6.45) is 3.90. The van der Waals surface area contributed by atoms with E-state index in [9.17, 15) is 13.2 Å². The van der Waals surface area contributed by atoms with E-state index in [-0.39, 0.29) is 17.7 Å². The predicted molar refractivity (Wildman–Crippen MR) is 68.0 cm³/mol. The largest absolute Gasteiger partial charge is 0.351 e. The van der Waals surface area contributed by atoms with Crippen LogP contribution in [-0.4, -0.2) is 42.5 Å². The molecule has 8 nitrogen and oxygen atoms in total. The molecule has 0 aliphatic carbocycles. The van der Waals surface area contributed by atoms with Gasteiger partial charge in [0.05, 0.1) is 23.8 Å². The van der Waals surface area contributed by atoms with Gasteiger partial charge in [0.25, 0.3) is 0 Å². The van der Waals surface area contributed by atoms with Crippen LogP contribution in [0.25, 0.3) is 0 Å². The van der Waals surface area contributed by atoms with Crippen LogP contribution in [0.5, 0.6) is 0 Å². The second-order valence-electron chi connectivity index (χ2n) is 3.92. The quantitative estimate of drug-likeness (QED) is 0.682. The zero-order valence-corrected chi connectivity index (χ0v) is 10.9. The molecule has 1 aromatic heterocycles. The molecule has 0 saturated carbocycles. The van der Waals surface area contributed by atoms with Gasteiger partial charge in [-0.15, -0.1) is 0 Å². The lowest BCUT2D eigenvalue weighted by molar-refractivity contribution is 0.259. The lowest BCUT2D eigenvalue weighted by atomic mass is 10.4. The number of carbonyl (C=O) groups excluding carboxylic acids is 1. The van der Waals surface area contributed by atoms with Gasteiger partial charge in [-0.1, -0.05) is 0 Å². The van der Waals surface area contributed by atoms with Crippen LogP contribution in [0.15, 0.2) is 12.4 Å². The molecule has 0 radical (unpaired) electrons. The Kier molecular flexibility index (Phi) is 4.43. The first-order valence-corrected chi connectivity index (χ1v) is 7.15. The summed E-state index contributed by atoms with van der Waals surface area (Å²) in [6, 6.07) is -1.01. The van der Waals surface area contributed by atoms with E-state index in [2.05, 4.69) is 20.6 Å². The van der Waals surface area contributed by atoms with Crippen molar-refractivity contribution in [3.63, 3.8) is 0 Å². The second kappa shape index (κ2) is 5.63. The summed E-state index contributed by atoms with van der Waals surface area (Å²) in [4.78, 5) is 18.4. The van der Waals surface area contributed by atoms with Crippen molar-refractivity contribution in [1.82, 2.24) is 9.97 Å². The molecule has 1 atom stereocenters. The third-order valence-corrected chi connectivity index (χ3v) is 2.95. The van der Waals surface area contributed by atoms with Gasteiger partial charge in [-0.25, -0.2) is 23.2 Å². The fourth-order valence-electron chi connectivity index (χ4n) is 1.33. The lowest BCUT2D eigenvalue weighted by Gasteiger charge is -2.12. The highest BCUT2D eigenvalue weighted by molar-refractivity contribution is 7.90. The average molecular weight is 273 g/mol. The van der Waals surface area contributed by atoms with Gasteiger partial charge in [-0.3, -0.25) is 0 Å². The van der Waals surface area contributed by atoms with E-state index in [0.29, 0.717) is 5.69 Å². The fourth-order valence-corrected chi connectivity index (χ4v) is 2.32. The normalized spacial score (nSPS) is 12.8. The van der Waals surface area contributed by atoms with Gasteiger partial charge in [0.1, 0.15) is 9.84 Å². The number of amides is 2. The van der Waals surface area contributed by atoms with E-state index in [1.54, 1.807) is 6.92 Å². The molecule has 0 aliphatic heterocycles. The van der Waals surface area contributed by atoms with E-state index in [1.807, 2.05) is 0 Å². The molecule has 0 fully saturated rings. The van der Waals surface area contributed by atoms with E-state index in [1.165, 1.54) is 12.4 Å². The Morgan fingerprint density at radius 3 is 2.44 bits per heavy atom. The molecule has 1 aromatic rings. The smallest absolute Gasteiger partial charge is 0.316 e. The van der Waals surface area contributed by atoms with E-state index >= 15 is 0 Å². The van der Waals surface area contributed by atoms with Gasteiger partial charge in [-0.05, 0) is 6.92 Å². The van der Waals surface area contributed by atoms with Crippen molar-refractivity contribution in [2.45, 2.75) is 13.0 Å². The summed E-state index contributed by atoms with van der Waals surface area (Å²) < 4.78 is 22.1.